The molecule has 0 N–H and O–H groups in total. The van der Waals surface area contributed by atoms with Crippen LogP contribution in [0.25, 0.3) is 0 Å². The highest BCUT2D eigenvalue weighted by molar-refractivity contribution is 5.18. The molecule has 0 spiro atoms. The zero-order chi connectivity index (χ0) is 9.26. The Labute approximate surface area is 77.0 Å². The van der Waals surface area contributed by atoms with E-state index in [4.69, 9.17) is 4.42 Å². The van der Waals surface area contributed by atoms with Crippen LogP contribution in [0.1, 0.15) is 24.3 Å². The predicted molar refractivity (Wildman–Crippen MR) is 49.4 cm³/mol. The van der Waals surface area contributed by atoms with E-state index in [1.807, 2.05) is 29.9 Å². The van der Waals surface area contributed by atoms with Crippen LogP contribution in [0.15, 0.2) is 35.3 Å². The lowest BCUT2D eigenvalue weighted by molar-refractivity contribution is 0.489. The molecule has 2 aromatic rings. The van der Waals surface area contributed by atoms with Crippen LogP contribution in [0.5, 0.6) is 0 Å². The summed E-state index contributed by atoms with van der Waals surface area (Å²) in [6.07, 6.45) is 5.37. The normalized spacial score (nSPS) is 13.1. The van der Waals surface area contributed by atoms with Gasteiger partial charge >= 0.3 is 0 Å². The van der Waals surface area contributed by atoms with Crippen molar-refractivity contribution in [1.82, 2.24) is 9.55 Å². The van der Waals surface area contributed by atoms with Crippen LogP contribution in [0.2, 0.25) is 0 Å². The Bertz CT molecular complexity index is 375. The summed E-state index contributed by atoms with van der Waals surface area (Å²) < 4.78 is 7.34. The maximum Gasteiger partial charge on any atom is 0.112 e. The molecule has 2 heterocycles. The molecular formula is C10H12N2O. The molecule has 1 unspecified atom stereocenters. The minimum Gasteiger partial charge on any atom is -0.469 e. The average Bonchev–Trinajstić information content (AvgIpc) is 2.72. The quantitative estimate of drug-likeness (QED) is 0.702. The first kappa shape index (κ1) is 8.10. The minimum atomic E-state index is 0.266. The van der Waals surface area contributed by atoms with Gasteiger partial charge in [0.15, 0.2) is 0 Å². The van der Waals surface area contributed by atoms with Crippen LogP contribution in [-0.2, 0) is 7.05 Å². The monoisotopic (exact) mass is 176 g/mol. The fraction of sp³-hybridized carbons (Fsp3) is 0.300. The molecule has 2 aromatic heterocycles. The van der Waals surface area contributed by atoms with Crippen LogP contribution < -0.4 is 0 Å². The molecule has 0 aliphatic carbocycles. The second kappa shape index (κ2) is 3.09. The van der Waals surface area contributed by atoms with Crippen molar-refractivity contribution < 1.29 is 4.42 Å². The molecule has 0 aromatic carbocycles. The van der Waals surface area contributed by atoms with E-state index in [-0.39, 0.29) is 5.92 Å². The molecule has 0 bridgehead atoms. The van der Waals surface area contributed by atoms with E-state index in [0.717, 1.165) is 11.5 Å². The summed E-state index contributed by atoms with van der Waals surface area (Å²) in [4.78, 5) is 4.07. The maximum atomic E-state index is 5.33. The molecule has 2 rings (SSSR count). The molecular weight excluding hydrogens is 164 g/mol. The van der Waals surface area contributed by atoms with Crippen molar-refractivity contribution in [2.75, 3.05) is 0 Å². The van der Waals surface area contributed by atoms with Crippen LogP contribution in [0.3, 0.4) is 0 Å². The van der Waals surface area contributed by atoms with Gasteiger partial charge in [-0.05, 0) is 19.1 Å². The van der Waals surface area contributed by atoms with Crippen LogP contribution in [-0.4, -0.2) is 9.55 Å². The van der Waals surface area contributed by atoms with Gasteiger partial charge in [0, 0.05) is 18.9 Å². The number of aromatic nitrogens is 2. The molecule has 0 fully saturated rings. The van der Waals surface area contributed by atoms with E-state index in [1.165, 1.54) is 0 Å². The summed E-state index contributed by atoms with van der Waals surface area (Å²) in [7, 11) is 1.99. The van der Waals surface area contributed by atoms with E-state index in [1.54, 1.807) is 12.6 Å². The summed E-state index contributed by atoms with van der Waals surface area (Å²) in [6.45, 7) is 2.11. The number of hydrogen-bond donors (Lipinski definition) is 0. The van der Waals surface area contributed by atoms with Crippen molar-refractivity contribution in [1.29, 1.82) is 0 Å². The zero-order valence-corrected chi connectivity index (χ0v) is 7.77. The van der Waals surface area contributed by atoms with Crippen molar-refractivity contribution in [2.45, 2.75) is 12.8 Å². The van der Waals surface area contributed by atoms with Crippen LogP contribution in [0.4, 0.5) is 0 Å². The van der Waals surface area contributed by atoms with Gasteiger partial charge in [-0.1, -0.05) is 0 Å². The third-order valence-electron chi connectivity index (χ3n) is 2.27. The van der Waals surface area contributed by atoms with Gasteiger partial charge < -0.3 is 8.98 Å². The first-order chi connectivity index (χ1) is 6.29. The average molecular weight is 176 g/mol. The summed E-state index contributed by atoms with van der Waals surface area (Å²) in [5.74, 6) is 1.24. The van der Waals surface area contributed by atoms with E-state index in [0.29, 0.717) is 0 Å². The third-order valence-corrected chi connectivity index (χ3v) is 2.27. The molecule has 3 heteroatoms. The smallest absolute Gasteiger partial charge is 0.112 e. The highest BCUT2D eigenvalue weighted by atomic mass is 16.3. The predicted octanol–water partition coefficient (Wildman–Crippen LogP) is 2.16. The highest BCUT2D eigenvalue weighted by Crippen LogP contribution is 2.23. The molecule has 0 aliphatic heterocycles. The molecule has 68 valence electrons. The summed E-state index contributed by atoms with van der Waals surface area (Å²) in [6, 6.07) is 3.89. The van der Waals surface area contributed by atoms with E-state index >= 15 is 0 Å². The molecule has 13 heavy (non-hydrogen) atoms. The van der Waals surface area contributed by atoms with Gasteiger partial charge in [0.05, 0.1) is 18.5 Å². The molecule has 0 saturated heterocycles. The van der Waals surface area contributed by atoms with Crippen LogP contribution >= 0.6 is 0 Å². The summed E-state index contributed by atoms with van der Waals surface area (Å²) in [5, 5.41) is 0. The number of furan rings is 1. The molecule has 0 radical (unpaired) electrons. The lowest BCUT2D eigenvalue weighted by atomic mass is 10.1. The SMILES string of the molecule is CC(c1ccco1)c1cncn1C. The van der Waals surface area contributed by atoms with Gasteiger partial charge in [0.2, 0.25) is 0 Å². The van der Waals surface area contributed by atoms with Crippen molar-refractivity contribution in [3.63, 3.8) is 0 Å². The Balaban J connectivity index is 2.33. The topological polar surface area (TPSA) is 31.0 Å². The molecule has 1 atom stereocenters. The fourth-order valence-corrected chi connectivity index (χ4v) is 1.47. The first-order valence-electron chi connectivity index (χ1n) is 4.28. The number of aryl methyl sites for hydroxylation is 1. The van der Waals surface area contributed by atoms with Crippen molar-refractivity contribution in [2.24, 2.45) is 7.05 Å². The van der Waals surface area contributed by atoms with E-state index in [2.05, 4.69) is 11.9 Å². The zero-order valence-electron chi connectivity index (χ0n) is 7.77. The standard InChI is InChI=1S/C10H12N2O/c1-8(10-4-3-5-13-10)9-6-11-7-12(9)2/h3-8H,1-2H3. The number of imidazole rings is 1. The van der Waals surface area contributed by atoms with Gasteiger partial charge in [0.25, 0.3) is 0 Å². The fourth-order valence-electron chi connectivity index (χ4n) is 1.47. The number of hydrogen-bond acceptors (Lipinski definition) is 2. The van der Waals surface area contributed by atoms with E-state index in [9.17, 15) is 0 Å². The lowest BCUT2D eigenvalue weighted by Crippen LogP contribution is -2.00. The molecule has 3 nitrogen and oxygen atoms in total. The summed E-state index contributed by atoms with van der Waals surface area (Å²) >= 11 is 0. The first-order valence-corrected chi connectivity index (χ1v) is 4.28. The number of rotatable bonds is 2. The van der Waals surface area contributed by atoms with Gasteiger partial charge in [-0.3, -0.25) is 0 Å². The third kappa shape index (κ3) is 1.37. The van der Waals surface area contributed by atoms with Gasteiger partial charge in [-0.25, -0.2) is 4.98 Å². The molecule has 0 aliphatic rings. The minimum absolute atomic E-state index is 0.266. The van der Waals surface area contributed by atoms with E-state index < -0.39 is 0 Å². The molecule has 0 amide bonds. The number of nitrogens with zero attached hydrogens (tertiary/aromatic N) is 2. The second-order valence-electron chi connectivity index (χ2n) is 3.17. The van der Waals surface area contributed by atoms with Gasteiger partial charge in [0.1, 0.15) is 5.76 Å². The van der Waals surface area contributed by atoms with Gasteiger partial charge in [-0.15, -0.1) is 0 Å². The Morgan fingerprint density at radius 3 is 2.92 bits per heavy atom. The Morgan fingerprint density at radius 2 is 2.38 bits per heavy atom. The van der Waals surface area contributed by atoms with Crippen molar-refractivity contribution >= 4 is 0 Å². The largest absolute Gasteiger partial charge is 0.469 e. The second-order valence-corrected chi connectivity index (χ2v) is 3.17. The van der Waals surface area contributed by atoms with Gasteiger partial charge in [-0.2, -0.15) is 0 Å². The Hall–Kier alpha value is -1.51. The van der Waals surface area contributed by atoms with Crippen molar-refractivity contribution in [3.8, 4) is 0 Å². The maximum absolute atomic E-state index is 5.33. The molecule has 0 saturated carbocycles. The lowest BCUT2D eigenvalue weighted by Gasteiger charge is -2.08. The Kier molecular flexibility index (Phi) is 1.93. The Morgan fingerprint density at radius 1 is 1.54 bits per heavy atom. The highest BCUT2D eigenvalue weighted by Gasteiger charge is 2.13. The van der Waals surface area contributed by atoms with Crippen LogP contribution in [0, 0.1) is 0 Å². The van der Waals surface area contributed by atoms with Crippen molar-refractivity contribution in [3.05, 3.63) is 42.4 Å². The summed E-state index contributed by atoms with van der Waals surface area (Å²) in [5.41, 5.74) is 1.16.